The van der Waals surface area contributed by atoms with Crippen LogP contribution in [-0.4, -0.2) is 28.9 Å². The van der Waals surface area contributed by atoms with Gasteiger partial charge in [-0.25, -0.2) is 4.98 Å². The molecule has 0 saturated heterocycles. The van der Waals surface area contributed by atoms with Gasteiger partial charge in [0, 0.05) is 24.1 Å². The monoisotopic (exact) mass is 461 g/mol. The minimum absolute atomic E-state index is 0.0225. The van der Waals surface area contributed by atoms with Crippen LogP contribution >= 0.6 is 0 Å². The summed E-state index contributed by atoms with van der Waals surface area (Å²) in [6, 6.07) is 12.4. The molecule has 3 aliphatic rings. The van der Waals surface area contributed by atoms with Gasteiger partial charge < -0.3 is 15.3 Å². The van der Waals surface area contributed by atoms with E-state index in [4.69, 9.17) is 4.74 Å². The number of aromatic nitrogens is 1. The number of nitrogens with one attached hydrogen (secondary N) is 1. The van der Waals surface area contributed by atoms with E-state index in [1.807, 2.05) is 0 Å². The van der Waals surface area contributed by atoms with Crippen LogP contribution in [0.1, 0.15) is 68.9 Å². The number of hydrogen-bond donors (Lipinski definition) is 2. The first-order chi connectivity index (χ1) is 16.5. The molecule has 180 valence electrons. The van der Waals surface area contributed by atoms with Gasteiger partial charge in [0.25, 0.3) is 0 Å². The van der Waals surface area contributed by atoms with Crippen LogP contribution in [0.2, 0.25) is 0 Å². The van der Waals surface area contributed by atoms with Crippen molar-refractivity contribution in [2.45, 2.75) is 64.2 Å². The molecule has 0 aliphatic heterocycles. The molecule has 34 heavy (non-hydrogen) atoms. The lowest BCUT2D eigenvalue weighted by molar-refractivity contribution is -0.116. The predicted octanol–water partition coefficient (Wildman–Crippen LogP) is 5.81. The summed E-state index contributed by atoms with van der Waals surface area (Å²) in [4.78, 5) is 16.8. The zero-order valence-corrected chi connectivity index (χ0v) is 20.2. The highest BCUT2D eigenvalue weighted by Gasteiger charge is 2.57. The number of hydrogen-bond acceptors (Lipinski definition) is 5. The van der Waals surface area contributed by atoms with Crippen molar-refractivity contribution < 1.29 is 14.7 Å². The third-order valence-corrected chi connectivity index (χ3v) is 8.85. The van der Waals surface area contributed by atoms with Crippen molar-refractivity contribution in [2.24, 2.45) is 28.3 Å². The van der Waals surface area contributed by atoms with Crippen molar-refractivity contribution in [1.29, 1.82) is 0 Å². The maximum atomic E-state index is 12.6. The number of pyridine rings is 1. The van der Waals surface area contributed by atoms with E-state index in [0.29, 0.717) is 41.7 Å². The maximum absolute atomic E-state index is 12.6. The van der Waals surface area contributed by atoms with Gasteiger partial charge in [-0.2, -0.15) is 0 Å². The van der Waals surface area contributed by atoms with E-state index in [-0.39, 0.29) is 11.3 Å². The van der Waals surface area contributed by atoms with Gasteiger partial charge in [-0.05, 0) is 85.8 Å². The molecule has 2 aromatic rings. The second kappa shape index (κ2) is 9.40. The Bertz CT molecular complexity index is 1080. The van der Waals surface area contributed by atoms with Crippen LogP contribution in [-0.2, 0) is 11.2 Å². The average molecular weight is 462 g/mol. The Kier molecular flexibility index (Phi) is 6.32. The second-order valence-electron chi connectivity index (χ2n) is 10.5. The van der Waals surface area contributed by atoms with E-state index in [2.05, 4.69) is 46.6 Å². The van der Waals surface area contributed by atoms with E-state index in [1.54, 1.807) is 31.0 Å². The number of oxime groups is 1. The first kappa shape index (κ1) is 22.9. The minimum Gasteiger partial charge on any atom is -0.497 e. The molecule has 2 N–H and O–H groups in total. The van der Waals surface area contributed by atoms with Crippen molar-refractivity contribution in [1.82, 2.24) is 4.98 Å². The molecule has 1 aromatic heterocycles. The number of amides is 1. The molecule has 2 saturated carbocycles. The molecular formula is C28H35N3O3. The summed E-state index contributed by atoms with van der Waals surface area (Å²) in [5.74, 6) is 3.35. The Morgan fingerprint density at radius 2 is 2.15 bits per heavy atom. The molecule has 0 spiro atoms. The van der Waals surface area contributed by atoms with Crippen LogP contribution in [0, 0.1) is 23.2 Å². The van der Waals surface area contributed by atoms with E-state index in [0.717, 1.165) is 44.2 Å². The fraction of sp³-hybridized carbons (Fsp3) is 0.536. The highest BCUT2D eigenvalue weighted by Crippen LogP contribution is 2.62. The fourth-order valence-electron chi connectivity index (χ4n) is 7.36. The van der Waals surface area contributed by atoms with Gasteiger partial charge in [-0.15, -0.1) is 0 Å². The molecule has 6 heteroatoms. The summed E-state index contributed by atoms with van der Waals surface area (Å²) in [5.41, 5.74) is 4.00. The highest BCUT2D eigenvalue weighted by atomic mass is 16.5. The number of carbonyl (C=O) groups is 1. The summed E-state index contributed by atoms with van der Waals surface area (Å²) >= 11 is 0. The number of fused-ring (bicyclic) bond motifs is 5. The summed E-state index contributed by atoms with van der Waals surface area (Å²) < 4.78 is 5.21. The largest absolute Gasteiger partial charge is 0.497 e. The fourth-order valence-corrected chi connectivity index (χ4v) is 7.36. The van der Waals surface area contributed by atoms with Crippen LogP contribution in [0.15, 0.2) is 47.8 Å². The first-order valence-electron chi connectivity index (χ1n) is 12.6. The molecule has 0 bridgehead atoms. The van der Waals surface area contributed by atoms with Gasteiger partial charge in [0.2, 0.25) is 5.91 Å². The van der Waals surface area contributed by atoms with Crippen molar-refractivity contribution in [3.8, 4) is 5.75 Å². The summed E-state index contributed by atoms with van der Waals surface area (Å²) in [7, 11) is 1.60. The molecule has 1 aromatic carbocycles. The van der Waals surface area contributed by atoms with Gasteiger partial charge in [-0.1, -0.05) is 36.3 Å². The molecule has 3 aliphatic carbocycles. The summed E-state index contributed by atoms with van der Waals surface area (Å²) in [5, 5.41) is 16.6. The zero-order valence-electron chi connectivity index (χ0n) is 20.2. The first-order valence-corrected chi connectivity index (χ1v) is 12.6. The third-order valence-electron chi connectivity index (χ3n) is 8.85. The molecule has 3 unspecified atom stereocenters. The third kappa shape index (κ3) is 4.08. The van der Waals surface area contributed by atoms with Crippen molar-refractivity contribution >= 4 is 17.4 Å². The Balaban J connectivity index is 1.27. The van der Waals surface area contributed by atoms with Crippen LogP contribution < -0.4 is 10.1 Å². The smallest absolute Gasteiger partial charge is 0.225 e. The molecular weight excluding hydrogens is 426 g/mol. The zero-order chi connectivity index (χ0) is 23.7. The van der Waals surface area contributed by atoms with Crippen LogP contribution in [0.4, 0.5) is 5.82 Å². The number of anilines is 1. The van der Waals surface area contributed by atoms with Crippen LogP contribution in [0.25, 0.3) is 0 Å². The molecule has 1 heterocycles. The van der Waals surface area contributed by atoms with E-state index in [9.17, 15) is 10.0 Å². The number of aryl methyl sites for hydroxylation is 1. The van der Waals surface area contributed by atoms with E-state index < -0.39 is 0 Å². The van der Waals surface area contributed by atoms with Gasteiger partial charge >= 0.3 is 0 Å². The number of carbonyl (C=O) groups excluding carboxylic acids is 1. The quantitative estimate of drug-likeness (QED) is 0.420. The lowest BCUT2D eigenvalue weighted by Gasteiger charge is -2.50. The molecule has 1 amide bonds. The topological polar surface area (TPSA) is 83.8 Å². The van der Waals surface area contributed by atoms with Crippen LogP contribution in [0.3, 0.4) is 0 Å². The molecule has 0 radical (unpaired) electrons. The molecule has 5 rings (SSSR count). The molecule has 2 fully saturated rings. The number of benzene rings is 1. The minimum atomic E-state index is -0.0281. The van der Waals surface area contributed by atoms with Gasteiger partial charge in [-0.3, -0.25) is 4.79 Å². The van der Waals surface area contributed by atoms with Gasteiger partial charge in [0.15, 0.2) is 0 Å². The lowest BCUT2D eigenvalue weighted by atomic mass is 9.54. The maximum Gasteiger partial charge on any atom is 0.225 e. The molecule has 5 atom stereocenters. The van der Waals surface area contributed by atoms with E-state index in [1.165, 1.54) is 12.0 Å². The number of methoxy groups -OCH3 is 1. The Labute approximate surface area is 201 Å². The van der Waals surface area contributed by atoms with Gasteiger partial charge in [0.05, 0.1) is 12.8 Å². The SMILES string of the molecule is COc1ccnc(NC(=O)CCC[C@@H]2C/C(=N\O)[C@@]3(C)CCC4c5ccccc5CCC4C23)c1. The van der Waals surface area contributed by atoms with Crippen molar-refractivity contribution in [3.05, 3.63) is 53.7 Å². The number of nitrogens with zero attached hydrogens (tertiary/aromatic N) is 2. The Hall–Kier alpha value is -2.89. The van der Waals surface area contributed by atoms with Crippen molar-refractivity contribution in [3.63, 3.8) is 0 Å². The molecule has 6 nitrogen and oxygen atoms in total. The van der Waals surface area contributed by atoms with E-state index >= 15 is 0 Å². The Morgan fingerprint density at radius 3 is 2.97 bits per heavy atom. The van der Waals surface area contributed by atoms with Gasteiger partial charge in [0.1, 0.15) is 11.6 Å². The number of ether oxygens (including phenoxy) is 1. The lowest BCUT2D eigenvalue weighted by Crippen LogP contribution is -2.44. The van der Waals surface area contributed by atoms with Crippen molar-refractivity contribution in [2.75, 3.05) is 12.4 Å². The summed E-state index contributed by atoms with van der Waals surface area (Å²) in [6.45, 7) is 2.32. The standard InChI is InChI=1S/C28H35N3O3/c1-28-14-12-22-21-8-4-3-6-18(21)10-11-23(22)27(28)19(16-24(28)31-33)7-5-9-26(32)30-25-17-20(34-2)13-15-29-25/h3-4,6,8,13,15,17,19,22-23,27,33H,5,7,9-12,14,16H2,1-2H3,(H,29,30,32)/b31-24+/t19-,22?,23?,27?,28-/m1/s1. The number of rotatable bonds is 6. The normalized spacial score (nSPS) is 30.8. The average Bonchev–Trinajstić information content (AvgIpc) is 3.15. The summed E-state index contributed by atoms with van der Waals surface area (Å²) in [6.07, 6.45) is 9.32. The Morgan fingerprint density at radius 1 is 1.29 bits per heavy atom. The van der Waals surface area contributed by atoms with Crippen LogP contribution in [0.5, 0.6) is 5.75 Å². The highest BCUT2D eigenvalue weighted by molar-refractivity contribution is 5.92. The predicted molar refractivity (Wildman–Crippen MR) is 132 cm³/mol. The second-order valence-corrected chi connectivity index (χ2v) is 10.5.